The zero-order valence-corrected chi connectivity index (χ0v) is 10.0. The first-order chi connectivity index (χ1) is 8.34. The molecule has 1 saturated heterocycles. The summed E-state index contributed by atoms with van der Waals surface area (Å²) in [5.74, 6) is 2.56. The number of hydrogen-bond acceptors (Lipinski definition) is 2. The minimum Gasteiger partial charge on any atom is -0.461 e. The smallest absolute Gasteiger partial charge is 0.126 e. The number of rotatable bonds is 2. The van der Waals surface area contributed by atoms with Crippen LogP contribution in [0, 0.1) is 5.92 Å². The number of para-hydroxylation sites is 1. The highest BCUT2D eigenvalue weighted by molar-refractivity contribution is 5.29. The summed E-state index contributed by atoms with van der Waals surface area (Å²) in [7, 11) is 2.18. The number of ether oxygens (including phenoxy) is 1. The van der Waals surface area contributed by atoms with Gasteiger partial charge in [0.25, 0.3) is 0 Å². The second-order valence-corrected chi connectivity index (χ2v) is 4.74. The van der Waals surface area contributed by atoms with Crippen molar-refractivity contribution in [1.29, 1.82) is 0 Å². The predicted molar refractivity (Wildman–Crippen MR) is 68.8 cm³/mol. The van der Waals surface area contributed by atoms with E-state index in [-0.39, 0.29) is 0 Å². The maximum Gasteiger partial charge on any atom is 0.126 e. The fourth-order valence-electron chi connectivity index (χ4n) is 2.68. The topological polar surface area (TPSA) is 12.5 Å². The molecule has 1 aliphatic heterocycles. The molecule has 2 aliphatic rings. The van der Waals surface area contributed by atoms with Crippen LogP contribution in [0.4, 0.5) is 0 Å². The van der Waals surface area contributed by atoms with Crippen molar-refractivity contribution in [3.05, 3.63) is 54.3 Å². The highest BCUT2D eigenvalue weighted by atomic mass is 16.5. The molecule has 2 nitrogen and oxygen atoms in total. The normalized spacial score (nSPS) is 27.7. The van der Waals surface area contributed by atoms with E-state index in [0.29, 0.717) is 12.0 Å². The van der Waals surface area contributed by atoms with Crippen LogP contribution in [0.1, 0.15) is 6.42 Å². The SMILES string of the molecule is CN1CCC2C(Oc3ccccc3)=CC=CC21. The maximum atomic E-state index is 6.00. The lowest BCUT2D eigenvalue weighted by Gasteiger charge is -2.26. The summed E-state index contributed by atoms with van der Waals surface area (Å²) in [6, 6.07) is 10.5. The maximum absolute atomic E-state index is 6.00. The molecule has 88 valence electrons. The molecule has 0 amide bonds. The molecule has 2 unspecified atom stereocenters. The van der Waals surface area contributed by atoms with Gasteiger partial charge < -0.3 is 4.74 Å². The van der Waals surface area contributed by atoms with E-state index in [9.17, 15) is 0 Å². The molecule has 1 heterocycles. The predicted octanol–water partition coefficient (Wildman–Crippen LogP) is 2.84. The zero-order valence-electron chi connectivity index (χ0n) is 10.0. The van der Waals surface area contributed by atoms with Gasteiger partial charge in [0.1, 0.15) is 11.5 Å². The standard InChI is InChI=1S/C15H17NO/c1-16-11-10-13-14(16)8-5-9-15(13)17-12-6-3-2-4-7-12/h2-9,13-14H,10-11H2,1H3. The van der Waals surface area contributed by atoms with E-state index in [1.807, 2.05) is 30.3 Å². The summed E-state index contributed by atoms with van der Waals surface area (Å²) in [4.78, 5) is 2.39. The molecule has 1 aliphatic carbocycles. The summed E-state index contributed by atoms with van der Waals surface area (Å²) in [6.45, 7) is 1.15. The molecular formula is C15H17NO. The average molecular weight is 227 g/mol. The largest absolute Gasteiger partial charge is 0.461 e. The van der Waals surface area contributed by atoms with E-state index >= 15 is 0 Å². The number of benzene rings is 1. The number of hydrogen-bond donors (Lipinski definition) is 0. The van der Waals surface area contributed by atoms with E-state index < -0.39 is 0 Å². The van der Waals surface area contributed by atoms with Crippen molar-refractivity contribution >= 4 is 0 Å². The van der Waals surface area contributed by atoms with Crippen molar-refractivity contribution in [1.82, 2.24) is 4.90 Å². The lowest BCUT2D eigenvalue weighted by molar-refractivity contribution is 0.285. The Morgan fingerprint density at radius 1 is 1.24 bits per heavy atom. The van der Waals surface area contributed by atoms with Gasteiger partial charge in [0.15, 0.2) is 0 Å². The van der Waals surface area contributed by atoms with E-state index in [0.717, 1.165) is 18.1 Å². The molecule has 3 rings (SSSR count). The van der Waals surface area contributed by atoms with Gasteiger partial charge in [-0.3, -0.25) is 4.90 Å². The Morgan fingerprint density at radius 3 is 2.88 bits per heavy atom. The zero-order chi connectivity index (χ0) is 11.7. The van der Waals surface area contributed by atoms with E-state index in [2.05, 4.69) is 30.2 Å². The highest BCUT2D eigenvalue weighted by Crippen LogP contribution is 2.34. The minimum absolute atomic E-state index is 0.513. The Balaban J connectivity index is 1.80. The van der Waals surface area contributed by atoms with Crippen LogP contribution in [0.3, 0.4) is 0 Å². The van der Waals surface area contributed by atoms with Crippen LogP contribution in [-0.2, 0) is 0 Å². The summed E-state index contributed by atoms with van der Waals surface area (Å²) >= 11 is 0. The Hall–Kier alpha value is -1.54. The van der Waals surface area contributed by atoms with Crippen LogP contribution in [-0.4, -0.2) is 24.5 Å². The number of likely N-dealkylation sites (N-methyl/N-ethyl adjacent to an activating group) is 1. The first kappa shape index (κ1) is 10.6. The summed E-state index contributed by atoms with van der Waals surface area (Å²) in [6.07, 6.45) is 7.67. The van der Waals surface area contributed by atoms with Gasteiger partial charge in [-0.05, 0) is 38.2 Å². The van der Waals surface area contributed by atoms with Crippen LogP contribution < -0.4 is 4.74 Å². The number of likely N-dealkylation sites (tertiary alicyclic amines) is 1. The molecule has 2 atom stereocenters. The summed E-state index contributed by atoms with van der Waals surface area (Å²) in [5, 5.41) is 0. The monoisotopic (exact) mass is 227 g/mol. The fraction of sp³-hybridized carbons (Fsp3) is 0.333. The van der Waals surface area contributed by atoms with Crippen molar-refractivity contribution < 1.29 is 4.74 Å². The third kappa shape index (κ3) is 2.01. The quantitative estimate of drug-likeness (QED) is 0.770. The van der Waals surface area contributed by atoms with Crippen LogP contribution in [0.2, 0.25) is 0 Å². The van der Waals surface area contributed by atoms with Crippen LogP contribution in [0.5, 0.6) is 5.75 Å². The van der Waals surface area contributed by atoms with Crippen LogP contribution >= 0.6 is 0 Å². The van der Waals surface area contributed by atoms with Crippen molar-refractivity contribution in [2.75, 3.05) is 13.6 Å². The lowest BCUT2D eigenvalue weighted by atomic mass is 9.94. The van der Waals surface area contributed by atoms with Gasteiger partial charge in [-0.25, -0.2) is 0 Å². The van der Waals surface area contributed by atoms with Gasteiger partial charge in [0.2, 0.25) is 0 Å². The first-order valence-electron chi connectivity index (χ1n) is 6.16. The summed E-state index contributed by atoms with van der Waals surface area (Å²) in [5.41, 5.74) is 0. The van der Waals surface area contributed by atoms with Gasteiger partial charge in [-0.15, -0.1) is 0 Å². The molecule has 0 N–H and O–H groups in total. The van der Waals surface area contributed by atoms with Crippen molar-refractivity contribution in [2.24, 2.45) is 5.92 Å². The second kappa shape index (κ2) is 4.38. The molecule has 0 bridgehead atoms. The van der Waals surface area contributed by atoms with E-state index in [1.54, 1.807) is 0 Å². The molecule has 0 saturated carbocycles. The number of fused-ring (bicyclic) bond motifs is 1. The van der Waals surface area contributed by atoms with Gasteiger partial charge >= 0.3 is 0 Å². The van der Waals surface area contributed by atoms with Crippen molar-refractivity contribution in [3.8, 4) is 5.75 Å². The molecule has 1 aromatic carbocycles. The Bertz CT molecular complexity index is 449. The fourth-order valence-corrected chi connectivity index (χ4v) is 2.68. The molecule has 1 fully saturated rings. The Kier molecular flexibility index (Phi) is 2.73. The molecule has 0 aromatic heterocycles. The first-order valence-corrected chi connectivity index (χ1v) is 6.16. The molecule has 17 heavy (non-hydrogen) atoms. The molecule has 0 spiro atoms. The second-order valence-electron chi connectivity index (χ2n) is 4.74. The third-order valence-corrected chi connectivity index (χ3v) is 3.63. The molecule has 1 aromatic rings. The van der Waals surface area contributed by atoms with E-state index in [4.69, 9.17) is 4.74 Å². The molecular weight excluding hydrogens is 210 g/mol. The minimum atomic E-state index is 0.513. The lowest BCUT2D eigenvalue weighted by Crippen LogP contribution is -2.30. The Morgan fingerprint density at radius 2 is 2.06 bits per heavy atom. The molecule has 2 heteroatoms. The van der Waals surface area contributed by atoms with Crippen molar-refractivity contribution in [3.63, 3.8) is 0 Å². The van der Waals surface area contributed by atoms with Gasteiger partial charge in [-0.2, -0.15) is 0 Å². The van der Waals surface area contributed by atoms with Crippen LogP contribution in [0.15, 0.2) is 54.3 Å². The Labute approximate surface area is 102 Å². The third-order valence-electron chi connectivity index (χ3n) is 3.63. The van der Waals surface area contributed by atoms with Crippen molar-refractivity contribution in [2.45, 2.75) is 12.5 Å². The number of allylic oxidation sites excluding steroid dienone is 2. The van der Waals surface area contributed by atoms with Gasteiger partial charge in [-0.1, -0.05) is 30.4 Å². The van der Waals surface area contributed by atoms with Gasteiger partial charge in [0.05, 0.1) is 0 Å². The van der Waals surface area contributed by atoms with Crippen LogP contribution in [0.25, 0.3) is 0 Å². The van der Waals surface area contributed by atoms with E-state index in [1.165, 1.54) is 6.42 Å². The highest BCUT2D eigenvalue weighted by Gasteiger charge is 2.35. The summed E-state index contributed by atoms with van der Waals surface area (Å²) < 4.78 is 6.00. The molecule has 0 radical (unpaired) electrons. The average Bonchev–Trinajstić information content (AvgIpc) is 2.74. The van der Waals surface area contributed by atoms with Gasteiger partial charge in [0, 0.05) is 12.0 Å². The number of nitrogens with zero attached hydrogens (tertiary/aromatic N) is 1.